The Hall–Kier alpha value is -3.61. The predicted molar refractivity (Wildman–Crippen MR) is 99.9 cm³/mol. The number of nitrogens with one attached hydrogen (secondary N) is 1. The number of aromatic nitrogens is 2. The van der Waals surface area contributed by atoms with Crippen LogP contribution in [-0.4, -0.2) is 23.2 Å². The molecule has 0 aliphatic rings. The summed E-state index contributed by atoms with van der Waals surface area (Å²) in [6.45, 7) is 3.71. The average molecular weight is 363 g/mol. The molecule has 1 aromatic carbocycles. The lowest BCUT2D eigenvalue weighted by Gasteiger charge is -2.12. The van der Waals surface area contributed by atoms with E-state index in [1.807, 2.05) is 25.1 Å². The van der Waals surface area contributed by atoms with Crippen LogP contribution in [0.4, 0.5) is 5.69 Å². The minimum atomic E-state index is -0.314. The highest BCUT2D eigenvalue weighted by Gasteiger charge is 2.21. The number of pyridine rings is 1. The average Bonchev–Trinajstić information content (AvgIpc) is 3.31. The molecule has 4 rings (SSSR count). The molecule has 0 saturated carbocycles. The molecule has 0 atom stereocenters. The molecular weight excluding hydrogens is 346 g/mol. The van der Waals surface area contributed by atoms with Gasteiger partial charge < -0.3 is 19.0 Å². The molecular formula is C20H17N3O4. The molecule has 0 aliphatic heterocycles. The van der Waals surface area contributed by atoms with E-state index in [0.29, 0.717) is 39.5 Å². The summed E-state index contributed by atoms with van der Waals surface area (Å²) in [7, 11) is 1.56. The molecule has 1 N–H and O–H groups in total. The Balaban J connectivity index is 1.81. The molecule has 3 heterocycles. The fourth-order valence-electron chi connectivity index (χ4n) is 2.93. The topological polar surface area (TPSA) is 90.4 Å². The number of ether oxygens (including phenoxy) is 1. The first-order valence-corrected chi connectivity index (χ1v) is 8.33. The van der Waals surface area contributed by atoms with Gasteiger partial charge in [0.2, 0.25) is 0 Å². The number of methoxy groups -OCH3 is 1. The first kappa shape index (κ1) is 16.8. The standard InChI is InChI=1S/C20H17N3O4/c1-11-6-7-16(25-3)14(9-11)21-19(24)13-10-15(17-5-4-8-26-17)22-20-18(13)12(2)23-27-20/h4-10H,1-3H3,(H,21,24). The highest BCUT2D eigenvalue weighted by molar-refractivity contribution is 6.13. The van der Waals surface area contributed by atoms with Gasteiger partial charge in [-0.05, 0) is 49.7 Å². The fourth-order valence-corrected chi connectivity index (χ4v) is 2.93. The van der Waals surface area contributed by atoms with Crippen molar-refractivity contribution in [1.82, 2.24) is 10.1 Å². The Bertz CT molecular complexity index is 1130. The summed E-state index contributed by atoms with van der Waals surface area (Å²) in [6, 6.07) is 10.8. The molecule has 1 amide bonds. The van der Waals surface area contributed by atoms with E-state index < -0.39 is 0 Å². The van der Waals surface area contributed by atoms with Gasteiger partial charge >= 0.3 is 0 Å². The molecule has 0 unspecified atom stereocenters. The van der Waals surface area contributed by atoms with Gasteiger partial charge in [-0.2, -0.15) is 0 Å². The number of rotatable bonds is 4. The SMILES string of the molecule is COc1ccc(C)cc1NC(=O)c1cc(-c2ccco2)nc2onc(C)c12. The number of anilines is 1. The van der Waals surface area contributed by atoms with Crippen LogP contribution in [0.5, 0.6) is 5.75 Å². The lowest BCUT2D eigenvalue weighted by atomic mass is 10.1. The molecule has 0 saturated heterocycles. The first-order valence-electron chi connectivity index (χ1n) is 8.33. The number of amides is 1. The van der Waals surface area contributed by atoms with E-state index in [2.05, 4.69) is 15.5 Å². The van der Waals surface area contributed by atoms with E-state index in [-0.39, 0.29) is 11.6 Å². The Morgan fingerprint density at radius 3 is 2.78 bits per heavy atom. The first-order chi connectivity index (χ1) is 13.1. The molecule has 7 heteroatoms. The van der Waals surface area contributed by atoms with Gasteiger partial charge in [-0.1, -0.05) is 11.2 Å². The molecule has 136 valence electrons. The summed E-state index contributed by atoms with van der Waals surface area (Å²) in [5, 5.41) is 7.42. The molecule has 0 radical (unpaired) electrons. The number of carbonyl (C=O) groups is 1. The Kier molecular flexibility index (Phi) is 4.12. The lowest BCUT2D eigenvalue weighted by molar-refractivity contribution is 0.102. The van der Waals surface area contributed by atoms with Crippen LogP contribution in [0.2, 0.25) is 0 Å². The van der Waals surface area contributed by atoms with Crippen LogP contribution in [0.25, 0.3) is 22.6 Å². The quantitative estimate of drug-likeness (QED) is 0.579. The van der Waals surface area contributed by atoms with Gasteiger partial charge in [0, 0.05) is 0 Å². The zero-order valence-corrected chi connectivity index (χ0v) is 15.1. The van der Waals surface area contributed by atoms with Gasteiger partial charge in [-0.25, -0.2) is 4.98 Å². The van der Waals surface area contributed by atoms with E-state index in [1.54, 1.807) is 38.5 Å². The van der Waals surface area contributed by atoms with Gasteiger partial charge in [-0.3, -0.25) is 4.79 Å². The van der Waals surface area contributed by atoms with Crippen molar-refractivity contribution in [2.75, 3.05) is 12.4 Å². The van der Waals surface area contributed by atoms with Gasteiger partial charge in [-0.15, -0.1) is 0 Å². The zero-order valence-electron chi connectivity index (χ0n) is 15.1. The Labute approximate surface area is 154 Å². The third-order valence-corrected chi connectivity index (χ3v) is 4.24. The smallest absolute Gasteiger partial charge is 0.259 e. The summed E-state index contributed by atoms with van der Waals surface area (Å²) in [6.07, 6.45) is 1.55. The van der Waals surface area contributed by atoms with E-state index in [1.165, 1.54) is 0 Å². The number of hydrogen-bond donors (Lipinski definition) is 1. The van der Waals surface area contributed by atoms with Crippen LogP contribution in [0.1, 0.15) is 21.6 Å². The largest absolute Gasteiger partial charge is 0.495 e. The van der Waals surface area contributed by atoms with Crippen LogP contribution in [0.3, 0.4) is 0 Å². The zero-order chi connectivity index (χ0) is 19.0. The number of fused-ring (bicyclic) bond motifs is 1. The predicted octanol–water partition coefficient (Wildman–Crippen LogP) is 4.36. The maximum atomic E-state index is 13.1. The van der Waals surface area contributed by atoms with Crippen LogP contribution in [-0.2, 0) is 0 Å². The Morgan fingerprint density at radius 2 is 2.04 bits per heavy atom. The van der Waals surface area contributed by atoms with Crippen LogP contribution >= 0.6 is 0 Å². The van der Waals surface area contributed by atoms with Gasteiger partial charge in [0.15, 0.2) is 5.76 Å². The molecule has 3 aromatic heterocycles. The second-order valence-corrected chi connectivity index (χ2v) is 6.14. The summed E-state index contributed by atoms with van der Waals surface area (Å²) < 4.78 is 16.0. The minimum absolute atomic E-state index is 0.280. The monoisotopic (exact) mass is 363 g/mol. The number of benzene rings is 1. The van der Waals surface area contributed by atoms with Gasteiger partial charge in [0.25, 0.3) is 11.6 Å². The molecule has 7 nitrogen and oxygen atoms in total. The van der Waals surface area contributed by atoms with Crippen molar-refractivity contribution < 1.29 is 18.5 Å². The second kappa shape index (κ2) is 6.60. The highest BCUT2D eigenvalue weighted by atomic mass is 16.5. The van der Waals surface area contributed by atoms with E-state index in [4.69, 9.17) is 13.7 Å². The number of carbonyl (C=O) groups excluding carboxylic acids is 1. The van der Waals surface area contributed by atoms with Crippen molar-refractivity contribution in [1.29, 1.82) is 0 Å². The summed E-state index contributed by atoms with van der Waals surface area (Å²) in [4.78, 5) is 17.5. The van der Waals surface area contributed by atoms with Crippen molar-refractivity contribution in [3.8, 4) is 17.2 Å². The Morgan fingerprint density at radius 1 is 1.19 bits per heavy atom. The van der Waals surface area contributed by atoms with E-state index in [9.17, 15) is 4.79 Å². The summed E-state index contributed by atoms with van der Waals surface area (Å²) in [5.41, 5.74) is 3.34. The third kappa shape index (κ3) is 3.03. The maximum absolute atomic E-state index is 13.1. The van der Waals surface area contributed by atoms with Crippen molar-refractivity contribution in [3.05, 3.63) is 59.5 Å². The van der Waals surface area contributed by atoms with E-state index >= 15 is 0 Å². The molecule has 0 fully saturated rings. The molecule has 0 bridgehead atoms. The van der Waals surface area contributed by atoms with Crippen molar-refractivity contribution in [2.24, 2.45) is 0 Å². The third-order valence-electron chi connectivity index (χ3n) is 4.24. The number of aryl methyl sites for hydroxylation is 2. The second-order valence-electron chi connectivity index (χ2n) is 6.14. The number of hydrogen-bond acceptors (Lipinski definition) is 6. The number of nitrogens with zero attached hydrogens (tertiary/aromatic N) is 2. The molecule has 27 heavy (non-hydrogen) atoms. The summed E-state index contributed by atoms with van der Waals surface area (Å²) >= 11 is 0. The highest BCUT2D eigenvalue weighted by Crippen LogP contribution is 2.30. The van der Waals surface area contributed by atoms with Crippen molar-refractivity contribution in [3.63, 3.8) is 0 Å². The molecule has 4 aromatic rings. The van der Waals surface area contributed by atoms with Crippen LogP contribution in [0.15, 0.2) is 51.6 Å². The van der Waals surface area contributed by atoms with Crippen LogP contribution in [0, 0.1) is 13.8 Å². The fraction of sp³-hybridized carbons (Fsp3) is 0.150. The molecule has 0 aliphatic carbocycles. The van der Waals surface area contributed by atoms with E-state index in [0.717, 1.165) is 5.56 Å². The van der Waals surface area contributed by atoms with Crippen molar-refractivity contribution in [2.45, 2.75) is 13.8 Å². The van der Waals surface area contributed by atoms with Crippen molar-refractivity contribution >= 4 is 22.7 Å². The normalized spacial score (nSPS) is 10.9. The minimum Gasteiger partial charge on any atom is -0.495 e. The lowest BCUT2D eigenvalue weighted by Crippen LogP contribution is -2.14. The maximum Gasteiger partial charge on any atom is 0.259 e. The van der Waals surface area contributed by atoms with Gasteiger partial charge in [0.05, 0.1) is 35.7 Å². The van der Waals surface area contributed by atoms with Crippen LogP contribution < -0.4 is 10.1 Å². The summed E-state index contributed by atoms with van der Waals surface area (Å²) in [5.74, 6) is 0.797. The number of furan rings is 1. The molecule has 0 spiro atoms. The van der Waals surface area contributed by atoms with Gasteiger partial charge in [0.1, 0.15) is 11.4 Å².